The van der Waals surface area contributed by atoms with Gasteiger partial charge in [0.05, 0.1) is 6.26 Å². The molecule has 1 heterocycles. The van der Waals surface area contributed by atoms with Crippen LogP contribution in [0.3, 0.4) is 0 Å². The molecule has 0 N–H and O–H groups in total. The van der Waals surface area contributed by atoms with E-state index >= 15 is 0 Å². The topological polar surface area (TPSA) is 40.6 Å². The van der Waals surface area contributed by atoms with E-state index in [0.29, 0.717) is 32.1 Å². The van der Waals surface area contributed by atoms with E-state index in [9.17, 15) is 8.42 Å². The zero-order valence-corrected chi connectivity index (χ0v) is 13.8. The lowest BCUT2D eigenvalue weighted by atomic mass is 10.2. The number of piperazine rings is 1. The van der Waals surface area contributed by atoms with Gasteiger partial charge in [0.25, 0.3) is 0 Å². The van der Waals surface area contributed by atoms with E-state index in [0.717, 1.165) is 15.7 Å². The van der Waals surface area contributed by atoms with Gasteiger partial charge in [-0.2, -0.15) is 4.31 Å². The molecule has 0 spiro atoms. The Labute approximate surface area is 127 Å². The Hall–Kier alpha value is -0.300. The summed E-state index contributed by atoms with van der Waals surface area (Å²) in [5, 5.41) is 0. The van der Waals surface area contributed by atoms with Gasteiger partial charge < -0.3 is 4.90 Å². The van der Waals surface area contributed by atoms with Crippen LogP contribution in [-0.4, -0.2) is 45.2 Å². The summed E-state index contributed by atoms with van der Waals surface area (Å²) in [5.74, 6) is 0.475. The van der Waals surface area contributed by atoms with E-state index in [1.54, 1.807) is 0 Å². The van der Waals surface area contributed by atoms with E-state index < -0.39 is 10.0 Å². The summed E-state index contributed by atoms with van der Waals surface area (Å²) >= 11 is 9.32. The van der Waals surface area contributed by atoms with Crippen molar-refractivity contribution in [3.63, 3.8) is 0 Å². The first kappa shape index (κ1) is 15.1. The zero-order valence-electron chi connectivity index (χ0n) is 10.6. The van der Waals surface area contributed by atoms with Crippen molar-refractivity contribution >= 4 is 43.2 Å². The van der Waals surface area contributed by atoms with Crippen LogP contribution in [0.15, 0.2) is 22.7 Å². The van der Waals surface area contributed by atoms with Crippen molar-refractivity contribution in [1.29, 1.82) is 0 Å². The fourth-order valence-corrected chi connectivity index (χ4v) is 3.85. The van der Waals surface area contributed by atoms with Crippen LogP contribution in [0, 0.1) is 0 Å². The number of nitrogens with zero attached hydrogens (tertiary/aromatic N) is 2. The summed E-state index contributed by atoms with van der Waals surface area (Å²) < 4.78 is 25.4. The molecule has 0 saturated carbocycles. The van der Waals surface area contributed by atoms with Gasteiger partial charge in [0, 0.05) is 42.2 Å². The molecule has 19 heavy (non-hydrogen) atoms. The minimum atomic E-state index is -3.07. The Morgan fingerprint density at radius 3 is 2.37 bits per heavy atom. The third kappa shape index (κ3) is 3.62. The molecule has 4 nitrogen and oxygen atoms in total. The number of rotatable bonds is 3. The molecule has 1 aliphatic rings. The molecule has 1 aliphatic heterocycles. The molecule has 0 aliphatic carbocycles. The van der Waals surface area contributed by atoms with Crippen LogP contribution in [-0.2, 0) is 15.9 Å². The van der Waals surface area contributed by atoms with E-state index in [-0.39, 0.29) is 0 Å². The number of hydrogen-bond acceptors (Lipinski definition) is 3. The Kier molecular flexibility index (Phi) is 4.76. The van der Waals surface area contributed by atoms with Gasteiger partial charge in [-0.05, 0) is 17.7 Å². The molecular formula is C12H16BrClN2O2S. The summed E-state index contributed by atoms with van der Waals surface area (Å²) in [6.45, 7) is 2.49. The second-order valence-corrected chi connectivity index (χ2v) is 7.66. The molecule has 1 aromatic rings. The molecule has 0 atom stereocenters. The summed E-state index contributed by atoms with van der Waals surface area (Å²) in [5.41, 5.74) is 2.15. The maximum atomic E-state index is 11.5. The number of benzene rings is 1. The highest BCUT2D eigenvalue weighted by Crippen LogP contribution is 2.26. The molecule has 0 unspecified atom stereocenters. The third-order valence-corrected chi connectivity index (χ3v) is 5.58. The highest BCUT2D eigenvalue weighted by molar-refractivity contribution is 9.10. The van der Waals surface area contributed by atoms with Gasteiger partial charge in [-0.15, -0.1) is 11.6 Å². The predicted octanol–water partition coefficient (Wildman–Crippen LogP) is 2.27. The van der Waals surface area contributed by atoms with E-state index in [4.69, 9.17) is 11.6 Å². The minimum absolute atomic E-state index is 0.475. The fraction of sp³-hybridized carbons (Fsp3) is 0.500. The molecule has 0 amide bonds. The Morgan fingerprint density at radius 1 is 1.26 bits per heavy atom. The predicted molar refractivity (Wildman–Crippen MR) is 82.3 cm³/mol. The van der Waals surface area contributed by atoms with Crippen LogP contribution in [0.2, 0.25) is 0 Å². The molecule has 0 radical (unpaired) electrons. The first-order valence-corrected chi connectivity index (χ1v) is 9.14. The van der Waals surface area contributed by atoms with Crippen LogP contribution in [0.25, 0.3) is 0 Å². The largest absolute Gasteiger partial charge is 0.369 e. The minimum Gasteiger partial charge on any atom is -0.369 e. The van der Waals surface area contributed by atoms with Crippen LogP contribution in [0.4, 0.5) is 5.69 Å². The van der Waals surface area contributed by atoms with Gasteiger partial charge in [0.2, 0.25) is 10.0 Å². The monoisotopic (exact) mass is 366 g/mol. The van der Waals surface area contributed by atoms with Crippen molar-refractivity contribution in [2.75, 3.05) is 37.3 Å². The summed E-state index contributed by atoms with van der Waals surface area (Å²) in [6.07, 6.45) is 1.26. The average Bonchev–Trinajstić information content (AvgIpc) is 2.38. The fourth-order valence-electron chi connectivity index (χ4n) is 2.12. The second-order valence-electron chi connectivity index (χ2n) is 4.56. The van der Waals surface area contributed by atoms with Crippen LogP contribution in [0.1, 0.15) is 5.56 Å². The summed E-state index contributed by atoms with van der Waals surface area (Å²) in [6, 6.07) is 6.06. The van der Waals surface area contributed by atoms with Gasteiger partial charge in [-0.1, -0.05) is 22.0 Å². The standard InChI is InChI=1S/C12H16BrClN2O2S/c1-19(17,18)16-6-4-15(5-7-16)11-3-2-10(9-14)12(13)8-11/h2-3,8H,4-7,9H2,1H3. The van der Waals surface area contributed by atoms with Crippen molar-refractivity contribution < 1.29 is 8.42 Å². The molecule has 1 fully saturated rings. The van der Waals surface area contributed by atoms with Gasteiger partial charge >= 0.3 is 0 Å². The molecule has 7 heteroatoms. The Bertz CT molecular complexity index is 557. The molecule has 0 bridgehead atoms. The first-order valence-electron chi connectivity index (χ1n) is 5.96. The molecule has 1 aromatic carbocycles. The molecule has 0 aromatic heterocycles. The Morgan fingerprint density at radius 2 is 1.89 bits per heavy atom. The van der Waals surface area contributed by atoms with E-state index in [1.165, 1.54) is 10.6 Å². The number of sulfonamides is 1. The highest BCUT2D eigenvalue weighted by atomic mass is 79.9. The van der Waals surface area contributed by atoms with E-state index in [2.05, 4.69) is 20.8 Å². The van der Waals surface area contributed by atoms with E-state index in [1.807, 2.05) is 18.2 Å². The average molecular weight is 368 g/mol. The maximum absolute atomic E-state index is 11.5. The highest BCUT2D eigenvalue weighted by Gasteiger charge is 2.23. The smallest absolute Gasteiger partial charge is 0.211 e. The quantitative estimate of drug-likeness (QED) is 0.770. The van der Waals surface area contributed by atoms with Crippen LogP contribution in [0.5, 0.6) is 0 Å². The van der Waals surface area contributed by atoms with Crippen molar-refractivity contribution in [2.24, 2.45) is 0 Å². The van der Waals surface area contributed by atoms with Gasteiger partial charge in [0.15, 0.2) is 0 Å². The van der Waals surface area contributed by atoms with Gasteiger partial charge in [0.1, 0.15) is 0 Å². The molecule has 106 valence electrons. The number of hydrogen-bond donors (Lipinski definition) is 0. The summed E-state index contributed by atoms with van der Waals surface area (Å²) in [4.78, 5) is 2.18. The molecule has 1 saturated heterocycles. The lowest BCUT2D eigenvalue weighted by molar-refractivity contribution is 0.388. The third-order valence-electron chi connectivity index (χ3n) is 3.25. The molecule has 2 rings (SSSR count). The second kappa shape index (κ2) is 5.99. The zero-order chi connectivity index (χ0) is 14.0. The van der Waals surface area contributed by atoms with Crippen molar-refractivity contribution in [2.45, 2.75) is 5.88 Å². The molecular weight excluding hydrogens is 352 g/mol. The number of anilines is 1. The van der Waals surface area contributed by atoms with Crippen molar-refractivity contribution in [3.05, 3.63) is 28.2 Å². The van der Waals surface area contributed by atoms with Gasteiger partial charge in [-0.3, -0.25) is 0 Å². The van der Waals surface area contributed by atoms with Crippen LogP contribution < -0.4 is 4.90 Å². The number of halogens is 2. The van der Waals surface area contributed by atoms with Gasteiger partial charge in [-0.25, -0.2) is 8.42 Å². The lowest BCUT2D eigenvalue weighted by Crippen LogP contribution is -2.48. The van der Waals surface area contributed by atoms with Crippen molar-refractivity contribution in [1.82, 2.24) is 4.31 Å². The maximum Gasteiger partial charge on any atom is 0.211 e. The first-order chi connectivity index (χ1) is 8.91. The lowest BCUT2D eigenvalue weighted by Gasteiger charge is -2.34. The summed E-state index contributed by atoms with van der Waals surface area (Å²) in [7, 11) is -3.07. The Balaban J connectivity index is 2.08. The normalized spacial score (nSPS) is 17.7. The van der Waals surface area contributed by atoms with Crippen molar-refractivity contribution in [3.8, 4) is 0 Å². The number of alkyl halides is 1. The van der Waals surface area contributed by atoms with Crippen LogP contribution >= 0.6 is 27.5 Å². The SMILES string of the molecule is CS(=O)(=O)N1CCN(c2ccc(CCl)c(Br)c2)CC1.